The highest BCUT2D eigenvalue weighted by Gasteiger charge is 2.29. The van der Waals surface area contributed by atoms with Crippen LogP contribution in [0.2, 0.25) is 0 Å². The van der Waals surface area contributed by atoms with Crippen molar-refractivity contribution in [1.29, 1.82) is 0 Å². The van der Waals surface area contributed by atoms with Gasteiger partial charge >= 0.3 is 5.97 Å². The molecular formula is C35H45F2N3O4. The zero-order chi connectivity index (χ0) is 33.0. The molecule has 0 spiro atoms. The highest BCUT2D eigenvalue weighted by Crippen LogP contribution is 2.35. The third kappa shape index (κ3) is 8.00. The number of halogens is 2. The molecule has 0 aliphatic heterocycles. The lowest BCUT2D eigenvalue weighted by Crippen LogP contribution is -2.40. The number of pyridine rings is 1. The molecule has 0 bridgehead atoms. The van der Waals surface area contributed by atoms with Gasteiger partial charge in [-0.1, -0.05) is 19.9 Å². The van der Waals surface area contributed by atoms with E-state index in [0.29, 0.717) is 35.1 Å². The SMILES string of the molecule is Cc1cc(=O)n(C(CC(C)C)C(=O)N[C@@H](CC(=O)O)c2cc(-c3c(C)cc(C)c(F)c3C)cc(C)c2F)cc1CCN(C)C. The highest BCUT2D eigenvalue weighted by molar-refractivity contribution is 5.82. The van der Waals surface area contributed by atoms with Gasteiger partial charge in [0.05, 0.1) is 12.5 Å². The molecule has 1 amide bonds. The van der Waals surface area contributed by atoms with Crippen LogP contribution in [0.5, 0.6) is 0 Å². The molecule has 0 radical (unpaired) electrons. The second-order valence-electron chi connectivity index (χ2n) is 12.6. The summed E-state index contributed by atoms with van der Waals surface area (Å²) in [6, 6.07) is 4.15. The number of aliphatic carboxylic acids is 1. The Morgan fingerprint density at radius 3 is 2.16 bits per heavy atom. The minimum atomic E-state index is -1.24. The van der Waals surface area contributed by atoms with Crippen LogP contribution in [0.15, 0.2) is 35.3 Å². The second-order valence-corrected chi connectivity index (χ2v) is 12.6. The summed E-state index contributed by atoms with van der Waals surface area (Å²) in [5.74, 6) is -2.81. The van der Waals surface area contributed by atoms with E-state index < -0.39 is 36.2 Å². The average molecular weight is 610 g/mol. The standard InChI is InChI=1S/C35H45F2N3O4/c1-19(2)12-29(40-18-25(10-11-39(8)9)20(3)15-30(40)41)35(44)38-28(17-31(42)43)27-16-26(14-23(6)34(27)37)32-21(4)13-22(5)33(36)24(32)7/h13-16,18-19,28-29H,10-12,17H2,1-9H3,(H,38,44)(H,42,43)/t28-,29?/m0/s1. The number of benzene rings is 2. The number of aromatic nitrogens is 1. The lowest BCUT2D eigenvalue weighted by atomic mass is 9.89. The number of carboxylic acid groups (broad SMARTS) is 1. The Morgan fingerprint density at radius 2 is 1.57 bits per heavy atom. The lowest BCUT2D eigenvalue weighted by Gasteiger charge is -2.26. The molecule has 2 N–H and O–H groups in total. The lowest BCUT2D eigenvalue weighted by molar-refractivity contribution is -0.138. The van der Waals surface area contributed by atoms with Crippen LogP contribution in [0.25, 0.3) is 11.1 Å². The van der Waals surface area contributed by atoms with Crippen molar-refractivity contribution in [3.63, 3.8) is 0 Å². The molecule has 2 aromatic carbocycles. The van der Waals surface area contributed by atoms with Gasteiger partial charge < -0.3 is 19.9 Å². The minimum absolute atomic E-state index is 0.0123. The van der Waals surface area contributed by atoms with E-state index >= 15 is 4.39 Å². The molecule has 0 saturated carbocycles. The van der Waals surface area contributed by atoms with Crippen LogP contribution in [0.4, 0.5) is 8.78 Å². The molecule has 238 valence electrons. The van der Waals surface area contributed by atoms with Gasteiger partial charge in [-0.25, -0.2) is 8.78 Å². The number of rotatable bonds is 12. The van der Waals surface area contributed by atoms with Crippen molar-refractivity contribution in [1.82, 2.24) is 14.8 Å². The maximum absolute atomic E-state index is 15.8. The van der Waals surface area contributed by atoms with Crippen molar-refractivity contribution in [3.8, 4) is 11.1 Å². The molecule has 3 aromatic rings. The van der Waals surface area contributed by atoms with E-state index in [-0.39, 0.29) is 28.4 Å². The summed E-state index contributed by atoms with van der Waals surface area (Å²) in [7, 11) is 3.91. The van der Waals surface area contributed by atoms with Crippen molar-refractivity contribution in [2.24, 2.45) is 5.92 Å². The van der Waals surface area contributed by atoms with Gasteiger partial charge in [0.1, 0.15) is 17.7 Å². The van der Waals surface area contributed by atoms with Crippen LogP contribution >= 0.6 is 0 Å². The quantitative estimate of drug-likeness (QED) is 0.249. The minimum Gasteiger partial charge on any atom is -0.481 e. The Labute approximate surface area is 258 Å². The van der Waals surface area contributed by atoms with Crippen molar-refractivity contribution in [2.45, 2.75) is 79.8 Å². The molecule has 1 heterocycles. The van der Waals surface area contributed by atoms with Gasteiger partial charge in [-0.2, -0.15) is 0 Å². The number of aryl methyl sites for hydroxylation is 4. The van der Waals surface area contributed by atoms with E-state index in [1.54, 1.807) is 39.1 Å². The number of carbonyl (C=O) groups excluding carboxylic acids is 1. The van der Waals surface area contributed by atoms with E-state index in [4.69, 9.17) is 0 Å². The molecule has 44 heavy (non-hydrogen) atoms. The maximum Gasteiger partial charge on any atom is 0.305 e. The molecule has 1 unspecified atom stereocenters. The fourth-order valence-electron chi connectivity index (χ4n) is 5.81. The normalized spacial score (nSPS) is 12.9. The number of carboxylic acids is 1. The molecule has 7 nitrogen and oxygen atoms in total. The Balaban J connectivity index is 2.12. The summed E-state index contributed by atoms with van der Waals surface area (Å²) in [6.07, 6.45) is 2.11. The number of hydrogen-bond donors (Lipinski definition) is 2. The Hall–Kier alpha value is -3.85. The summed E-state index contributed by atoms with van der Waals surface area (Å²) < 4.78 is 32.1. The first-order valence-corrected chi connectivity index (χ1v) is 15.0. The first-order valence-electron chi connectivity index (χ1n) is 15.0. The predicted molar refractivity (Wildman–Crippen MR) is 170 cm³/mol. The topological polar surface area (TPSA) is 91.6 Å². The molecule has 0 aliphatic carbocycles. The fourth-order valence-corrected chi connectivity index (χ4v) is 5.81. The summed E-state index contributed by atoms with van der Waals surface area (Å²) in [4.78, 5) is 41.2. The molecule has 0 fully saturated rings. The molecule has 0 saturated heterocycles. The fraction of sp³-hybridized carbons (Fsp3) is 0.457. The van der Waals surface area contributed by atoms with Gasteiger partial charge in [0.25, 0.3) is 5.56 Å². The molecule has 9 heteroatoms. The third-order valence-electron chi connectivity index (χ3n) is 8.08. The Kier molecular flexibility index (Phi) is 11.2. The first-order chi connectivity index (χ1) is 20.5. The van der Waals surface area contributed by atoms with Crippen molar-refractivity contribution >= 4 is 11.9 Å². The first kappa shape index (κ1) is 34.6. The smallest absolute Gasteiger partial charge is 0.305 e. The van der Waals surface area contributed by atoms with E-state index in [1.807, 2.05) is 46.7 Å². The number of nitrogens with one attached hydrogen (secondary N) is 1. The van der Waals surface area contributed by atoms with Crippen LogP contribution in [-0.2, 0) is 16.0 Å². The van der Waals surface area contributed by atoms with Gasteiger partial charge in [-0.15, -0.1) is 0 Å². The van der Waals surface area contributed by atoms with Crippen LogP contribution in [0, 0.1) is 52.2 Å². The summed E-state index contributed by atoms with van der Waals surface area (Å²) in [6.45, 7) is 13.2. The second kappa shape index (κ2) is 14.3. The highest BCUT2D eigenvalue weighted by atomic mass is 19.1. The molecule has 3 rings (SSSR count). The van der Waals surface area contributed by atoms with E-state index in [2.05, 4.69) is 5.32 Å². The van der Waals surface area contributed by atoms with E-state index in [1.165, 1.54) is 16.7 Å². The average Bonchev–Trinajstić information content (AvgIpc) is 2.91. The molecular weight excluding hydrogens is 564 g/mol. The summed E-state index contributed by atoms with van der Waals surface area (Å²) in [5, 5.41) is 12.6. The Bertz CT molecular complexity index is 1610. The number of nitrogens with zero attached hydrogens (tertiary/aromatic N) is 2. The zero-order valence-electron chi connectivity index (χ0n) is 27.3. The van der Waals surface area contributed by atoms with Gasteiger partial charge in [-0.05, 0) is 124 Å². The zero-order valence-corrected chi connectivity index (χ0v) is 27.3. The van der Waals surface area contributed by atoms with Crippen LogP contribution in [0.3, 0.4) is 0 Å². The number of carbonyl (C=O) groups is 2. The van der Waals surface area contributed by atoms with Crippen LogP contribution < -0.4 is 10.9 Å². The van der Waals surface area contributed by atoms with Crippen LogP contribution in [-0.4, -0.2) is 47.1 Å². The van der Waals surface area contributed by atoms with Gasteiger partial charge in [0, 0.05) is 24.4 Å². The number of hydrogen-bond acceptors (Lipinski definition) is 4. The van der Waals surface area contributed by atoms with Crippen molar-refractivity contribution in [2.75, 3.05) is 20.6 Å². The maximum atomic E-state index is 15.8. The van der Waals surface area contributed by atoms with Gasteiger partial charge in [0.2, 0.25) is 5.91 Å². The van der Waals surface area contributed by atoms with Crippen molar-refractivity contribution in [3.05, 3.63) is 91.4 Å². The van der Waals surface area contributed by atoms with E-state index in [0.717, 1.165) is 23.2 Å². The summed E-state index contributed by atoms with van der Waals surface area (Å²) in [5.41, 5.74) is 4.43. The molecule has 1 aromatic heterocycles. The number of amides is 1. The monoisotopic (exact) mass is 609 g/mol. The molecule has 2 atom stereocenters. The van der Waals surface area contributed by atoms with Crippen molar-refractivity contribution < 1.29 is 23.5 Å². The largest absolute Gasteiger partial charge is 0.481 e. The van der Waals surface area contributed by atoms with Gasteiger partial charge in [-0.3, -0.25) is 14.4 Å². The Morgan fingerprint density at radius 1 is 0.932 bits per heavy atom. The third-order valence-corrected chi connectivity index (χ3v) is 8.08. The number of likely N-dealkylation sites (N-methyl/N-ethyl adjacent to an activating group) is 1. The van der Waals surface area contributed by atoms with E-state index in [9.17, 15) is 23.9 Å². The predicted octanol–water partition coefficient (Wildman–Crippen LogP) is 6.36. The van der Waals surface area contributed by atoms with Crippen LogP contribution in [0.1, 0.15) is 77.7 Å². The van der Waals surface area contributed by atoms with Gasteiger partial charge in [0.15, 0.2) is 0 Å². The summed E-state index contributed by atoms with van der Waals surface area (Å²) >= 11 is 0. The molecule has 0 aliphatic rings.